The van der Waals surface area contributed by atoms with E-state index < -0.39 is 12.1 Å². The largest absolute Gasteiger partial charge is 0.481 e. The second kappa shape index (κ2) is 6.37. The number of hydrogen-bond donors (Lipinski definition) is 2. The van der Waals surface area contributed by atoms with E-state index in [0.29, 0.717) is 13.1 Å². The topological polar surface area (TPSA) is 60.8 Å². The van der Waals surface area contributed by atoms with Gasteiger partial charge in [0.15, 0.2) is 0 Å². The second-order valence-electron chi connectivity index (χ2n) is 5.81. The molecule has 4 heteroatoms. The fourth-order valence-corrected chi connectivity index (χ4v) is 2.97. The van der Waals surface area contributed by atoms with Crippen molar-refractivity contribution in [3.63, 3.8) is 0 Å². The summed E-state index contributed by atoms with van der Waals surface area (Å²) in [6, 6.07) is 6.03. The molecule has 4 nitrogen and oxygen atoms in total. The maximum Gasteiger partial charge on any atom is 0.307 e. The third-order valence-electron chi connectivity index (χ3n) is 4.07. The van der Waals surface area contributed by atoms with Crippen molar-refractivity contribution < 1.29 is 15.0 Å². The molecule has 20 heavy (non-hydrogen) atoms. The van der Waals surface area contributed by atoms with Crippen molar-refractivity contribution in [3.8, 4) is 0 Å². The van der Waals surface area contributed by atoms with Crippen LogP contribution in [0.15, 0.2) is 18.2 Å². The Morgan fingerprint density at radius 3 is 2.85 bits per heavy atom. The predicted molar refractivity (Wildman–Crippen MR) is 77.7 cm³/mol. The Balaban J connectivity index is 2.00. The fourth-order valence-electron chi connectivity index (χ4n) is 2.97. The van der Waals surface area contributed by atoms with Gasteiger partial charge in [0, 0.05) is 13.1 Å². The van der Waals surface area contributed by atoms with Gasteiger partial charge in [-0.2, -0.15) is 0 Å². The van der Waals surface area contributed by atoms with Gasteiger partial charge in [-0.3, -0.25) is 9.69 Å². The smallest absolute Gasteiger partial charge is 0.307 e. The predicted octanol–water partition coefficient (Wildman–Crippen LogP) is 2.13. The van der Waals surface area contributed by atoms with Crippen LogP contribution in [0.4, 0.5) is 0 Å². The molecule has 110 valence electrons. The van der Waals surface area contributed by atoms with Crippen molar-refractivity contribution in [2.45, 2.75) is 32.8 Å². The highest BCUT2D eigenvalue weighted by Crippen LogP contribution is 2.23. The van der Waals surface area contributed by atoms with Gasteiger partial charge in [-0.1, -0.05) is 23.8 Å². The Morgan fingerprint density at radius 2 is 2.20 bits per heavy atom. The summed E-state index contributed by atoms with van der Waals surface area (Å²) in [6.45, 7) is 5.95. The number of aliphatic hydroxyl groups excluding tert-OH is 1. The summed E-state index contributed by atoms with van der Waals surface area (Å²) in [5.41, 5.74) is 3.21. The van der Waals surface area contributed by atoms with E-state index in [1.54, 1.807) is 0 Å². The first-order chi connectivity index (χ1) is 9.47. The normalized spacial score (nSPS) is 21.6. The highest BCUT2D eigenvalue weighted by molar-refractivity contribution is 5.70. The first-order valence-corrected chi connectivity index (χ1v) is 7.17. The molecule has 0 amide bonds. The molecule has 2 atom stereocenters. The molecule has 0 bridgehead atoms. The monoisotopic (exact) mass is 277 g/mol. The number of benzene rings is 1. The van der Waals surface area contributed by atoms with Crippen LogP contribution < -0.4 is 0 Å². The zero-order chi connectivity index (χ0) is 14.7. The van der Waals surface area contributed by atoms with Gasteiger partial charge in [-0.15, -0.1) is 0 Å². The number of rotatable bonds is 4. The summed E-state index contributed by atoms with van der Waals surface area (Å²) in [4.78, 5) is 13.1. The van der Waals surface area contributed by atoms with Crippen LogP contribution in [0.2, 0.25) is 0 Å². The average molecular weight is 277 g/mol. The average Bonchev–Trinajstić information content (AvgIpc) is 2.38. The van der Waals surface area contributed by atoms with Crippen LogP contribution >= 0.6 is 0 Å². The summed E-state index contributed by atoms with van der Waals surface area (Å²) in [5.74, 6) is -1.02. The first kappa shape index (κ1) is 15.0. The first-order valence-electron chi connectivity index (χ1n) is 7.17. The van der Waals surface area contributed by atoms with Gasteiger partial charge in [0.05, 0.1) is 12.0 Å². The minimum atomic E-state index is -0.726. The molecule has 0 radical (unpaired) electrons. The molecule has 1 aliphatic rings. The highest BCUT2D eigenvalue weighted by Gasteiger charge is 2.26. The van der Waals surface area contributed by atoms with Crippen LogP contribution in [0.5, 0.6) is 0 Å². The number of aryl methyl sites for hydroxylation is 2. The number of carboxylic acids is 1. The molecule has 1 saturated heterocycles. The van der Waals surface area contributed by atoms with E-state index in [-0.39, 0.29) is 5.92 Å². The molecule has 0 aromatic heterocycles. The number of carbonyl (C=O) groups is 1. The summed E-state index contributed by atoms with van der Waals surface area (Å²) < 4.78 is 0. The van der Waals surface area contributed by atoms with Crippen molar-refractivity contribution in [2.75, 3.05) is 19.6 Å². The maximum absolute atomic E-state index is 11.1. The quantitative estimate of drug-likeness (QED) is 0.885. The Labute approximate surface area is 120 Å². The zero-order valence-electron chi connectivity index (χ0n) is 12.2. The lowest BCUT2D eigenvalue weighted by molar-refractivity contribution is -0.143. The Kier molecular flexibility index (Phi) is 4.78. The number of carboxylic acid groups (broad SMARTS) is 1. The van der Waals surface area contributed by atoms with Crippen molar-refractivity contribution in [3.05, 3.63) is 34.9 Å². The minimum absolute atomic E-state index is 0.296. The fraction of sp³-hybridized carbons (Fsp3) is 0.562. The van der Waals surface area contributed by atoms with Crippen molar-refractivity contribution in [2.24, 2.45) is 5.92 Å². The van der Waals surface area contributed by atoms with Crippen LogP contribution in [0.3, 0.4) is 0 Å². The molecule has 0 saturated carbocycles. The maximum atomic E-state index is 11.1. The van der Waals surface area contributed by atoms with Gasteiger partial charge in [-0.25, -0.2) is 0 Å². The third kappa shape index (κ3) is 3.58. The third-order valence-corrected chi connectivity index (χ3v) is 4.07. The number of nitrogens with zero attached hydrogens (tertiary/aromatic N) is 1. The molecule has 1 aromatic rings. The van der Waals surface area contributed by atoms with Crippen LogP contribution in [0.1, 0.15) is 35.6 Å². The van der Waals surface area contributed by atoms with Gasteiger partial charge in [-0.05, 0) is 44.4 Å². The molecule has 0 aliphatic carbocycles. The van der Waals surface area contributed by atoms with E-state index in [2.05, 4.69) is 11.0 Å². The Bertz CT molecular complexity index is 487. The lowest BCUT2D eigenvalue weighted by Crippen LogP contribution is -2.40. The number of aliphatic carboxylic acids is 1. The Morgan fingerprint density at radius 1 is 1.45 bits per heavy atom. The SMILES string of the molecule is Cc1ccc(C(O)CN2CCCC(C(=O)O)C2)c(C)c1. The molecule has 2 N–H and O–H groups in total. The number of aliphatic hydroxyl groups is 1. The molecular formula is C16H23NO3. The number of β-amino-alcohol motifs (C(OH)–C–C–N with tert-alkyl or cyclic N) is 1. The van der Waals surface area contributed by atoms with E-state index in [4.69, 9.17) is 5.11 Å². The summed E-state index contributed by atoms with van der Waals surface area (Å²) in [5, 5.41) is 19.5. The van der Waals surface area contributed by atoms with Crippen LogP contribution in [-0.4, -0.2) is 40.7 Å². The van der Waals surface area contributed by atoms with Crippen molar-refractivity contribution in [1.29, 1.82) is 0 Å². The summed E-state index contributed by atoms with van der Waals surface area (Å²) in [6.07, 6.45) is 1.07. The summed E-state index contributed by atoms with van der Waals surface area (Å²) in [7, 11) is 0. The van der Waals surface area contributed by atoms with Crippen LogP contribution in [-0.2, 0) is 4.79 Å². The molecule has 0 spiro atoms. The van der Waals surface area contributed by atoms with Crippen LogP contribution in [0.25, 0.3) is 0 Å². The minimum Gasteiger partial charge on any atom is -0.481 e. The second-order valence-corrected chi connectivity index (χ2v) is 5.81. The highest BCUT2D eigenvalue weighted by atomic mass is 16.4. The molecule has 2 rings (SSSR count). The lowest BCUT2D eigenvalue weighted by atomic mass is 9.96. The molecule has 1 aliphatic heterocycles. The van der Waals surface area contributed by atoms with Gasteiger partial charge < -0.3 is 10.2 Å². The van der Waals surface area contributed by atoms with E-state index in [0.717, 1.165) is 30.5 Å². The lowest BCUT2D eigenvalue weighted by Gasteiger charge is -2.32. The zero-order valence-corrected chi connectivity index (χ0v) is 12.2. The summed E-state index contributed by atoms with van der Waals surface area (Å²) >= 11 is 0. The number of likely N-dealkylation sites (tertiary alicyclic amines) is 1. The van der Waals surface area contributed by atoms with E-state index >= 15 is 0 Å². The molecule has 1 aromatic carbocycles. The number of hydrogen-bond acceptors (Lipinski definition) is 3. The van der Waals surface area contributed by atoms with Gasteiger partial charge in [0.1, 0.15) is 0 Å². The van der Waals surface area contributed by atoms with Crippen molar-refractivity contribution in [1.82, 2.24) is 4.90 Å². The van der Waals surface area contributed by atoms with E-state index in [9.17, 15) is 9.90 Å². The molecule has 1 heterocycles. The molecular weight excluding hydrogens is 254 g/mol. The number of piperidine rings is 1. The van der Waals surface area contributed by atoms with Gasteiger partial charge >= 0.3 is 5.97 Å². The van der Waals surface area contributed by atoms with Gasteiger partial charge in [0.2, 0.25) is 0 Å². The molecule has 1 fully saturated rings. The van der Waals surface area contributed by atoms with E-state index in [1.165, 1.54) is 5.56 Å². The van der Waals surface area contributed by atoms with Gasteiger partial charge in [0.25, 0.3) is 0 Å². The molecule has 2 unspecified atom stereocenters. The standard InChI is InChI=1S/C16H23NO3/c1-11-5-6-14(12(2)8-11)15(18)10-17-7-3-4-13(9-17)16(19)20/h5-6,8,13,15,18H,3-4,7,9-10H2,1-2H3,(H,19,20). The van der Waals surface area contributed by atoms with Crippen LogP contribution in [0, 0.1) is 19.8 Å². The van der Waals surface area contributed by atoms with E-state index in [1.807, 2.05) is 26.0 Å². The van der Waals surface area contributed by atoms with Crippen molar-refractivity contribution >= 4 is 5.97 Å². The Hall–Kier alpha value is -1.39.